The molecule has 7 nitrogen and oxygen atoms in total. The van der Waals surface area contributed by atoms with Crippen molar-refractivity contribution in [3.05, 3.63) is 69.7 Å². The number of amides is 1. The Morgan fingerprint density at radius 1 is 1.13 bits per heavy atom. The number of hydrogen-bond donors (Lipinski definition) is 1. The van der Waals surface area contributed by atoms with E-state index < -0.39 is 33.5 Å². The molecule has 39 heavy (non-hydrogen) atoms. The van der Waals surface area contributed by atoms with Crippen molar-refractivity contribution in [2.24, 2.45) is 5.41 Å². The van der Waals surface area contributed by atoms with Gasteiger partial charge in [-0.15, -0.1) is 0 Å². The molecule has 212 valence electrons. The molecular weight excluding hydrogens is 559 g/mol. The molecule has 2 fully saturated rings. The van der Waals surface area contributed by atoms with Crippen molar-refractivity contribution in [1.82, 2.24) is 9.21 Å². The normalized spacial score (nSPS) is 24.7. The average Bonchev–Trinajstić information content (AvgIpc) is 3.75. The summed E-state index contributed by atoms with van der Waals surface area (Å²) in [5.41, 5.74) is 0.856. The van der Waals surface area contributed by atoms with E-state index in [1.165, 1.54) is 4.31 Å². The van der Waals surface area contributed by atoms with Crippen molar-refractivity contribution >= 4 is 45.1 Å². The number of carbonyl (C=O) groups is 2. The molecule has 4 atom stereocenters. The van der Waals surface area contributed by atoms with Crippen LogP contribution in [0.2, 0.25) is 10.0 Å². The van der Waals surface area contributed by atoms with Gasteiger partial charge in [0.2, 0.25) is 15.9 Å². The zero-order valence-corrected chi connectivity index (χ0v) is 24.8. The predicted octanol–water partition coefficient (Wildman–Crippen LogP) is 6.12. The van der Waals surface area contributed by atoms with Crippen LogP contribution in [0.25, 0.3) is 0 Å². The lowest BCUT2D eigenvalue weighted by Gasteiger charge is -2.52. The van der Waals surface area contributed by atoms with Crippen LogP contribution in [0.3, 0.4) is 0 Å². The molecule has 4 rings (SSSR count). The van der Waals surface area contributed by atoms with Crippen molar-refractivity contribution in [1.29, 1.82) is 0 Å². The smallest absolute Gasteiger partial charge is 0.303 e. The third kappa shape index (κ3) is 6.45. The van der Waals surface area contributed by atoms with Crippen molar-refractivity contribution in [2.45, 2.75) is 75.6 Å². The van der Waals surface area contributed by atoms with Crippen LogP contribution in [0.15, 0.2) is 48.5 Å². The first kappa shape index (κ1) is 29.8. The van der Waals surface area contributed by atoms with E-state index in [1.807, 2.05) is 49.1 Å². The molecular formula is C29H36Cl2N2O5S. The number of likely N-dealkylation sites (tertiary alicyclic amines) is 1. The molecule has 1 aliphatic carbocycles. The van der Waals surface area contributed by atoms with Gasteiger partial charge in [0.05, 0.1) is 11.3 Å². The maximum atomic E-state index is 14.4. The van der Waals surface area contributed by atoms with Gasteiger partial charge < -0.3 is 10.0 Å². The number of likely N-dealkylation sites (N-methyl/N-ethyl adjacent to an activating group) is 1. The Morgan fingerprint density at radius 3 is 2.36 bits per heavy atom. The summed E-state index contributed by atoms with van der Waals surface area (Å²) in [6.45, 7) is 3.94. The summed E-state index contributed by atoms with van der Waals surface area (Å²) >= 11 is 12.6. The molecule has 2 aliphatic rings. The van der Waals surface area contributed by atoms with Crippen LogP contribution in [-0.4, -0.2) is 59.5 Å². The van der Waals surface area contributed by atoms with E-state index in [4.69, 9.17) is 23.2 Å². The number of piperidine rings is 1. The van der Waals surface area contributed by atoms with Gasteiger partial charge in [-0.1, -0.05) is 61.3 Å². The summed E-state index contributed by atoms with van der Waals surface area (Å²) in [7, 11) is -1.87. The number of hydrogen-bond acceptors (Lipinski definition) is 4. The number of nitrogens with zero attached hydrogens (tertiary/aromatic N) is 2. The second-order valence-corrected chi connectivity index (χ2v) is 14.3. The Bertz CT molecular complexity index is 1320. The number of halogens is 2. The topological polar surface area (TPSA) is 95.0 Å². The lowest BCUT2D eigenvalue weighted by Crippen LogP contribution is -2.58. The summed E-state index contributed by atoms with van der Waals surface area (Å²) in [5.74, 6) is -1.33. The second-order valence-electron chi connectivity index (χ2n) is 11.1. The summed E-state index contributed by atoms with van der Waals surface area (Å²) in [6, 6.07) is 14.1. The molecule has 10 heteroatoms. The van der Waals surface area contributed by atoms with Gasteiger partial charge in [0, 0.05) is 47.4 Å². The Kier molecular flexibility index (Phi) is 9.01. The third-order valence-electron chi connectivity index (χ3n) is 8.19. The van der Waals surface area contributed by atoms with E-state index in [1.54, 1.807) is 25.2 Å². The summed E-state index contributed by atoms with van der Waals surface area (Å²) < 4.78 is 27.5. The number of benzene rings is 2. The van der Waals surface area contributed by atoms with E-state index >= 15 is 0 Å². The number of sulfonamides is 1. The zero-order valence-electron chi connectivity index (χ0n) is 22.5. The minimum atomic E-state index is -3.45. The molecule has 0 bridgehead atoms. The quantitative estimate of drug-likeness (QED) is 0.338. The number of carbonyl (C=O) groups excluding carboxylic acids is 1. The first-order valence-corrected chi connectivity index (χ1v) is 15.6. The van der Waals surface area contributed by atoms with Gasteiger partial charge in [-0.05, 0) is 67.5 Å². The highest BCUT2D eigenvalue weighted by Gasteiger charge is 2.52. The number of carboxylic acid groups (broad SMARTS) is 1. The lowest BCUT2D eigenvalue weighted by molar-refractivity contribution is -0.156. The molecule has 1 aliphatic heterocycles. The van der Waals surface area contributed by atoms with E-state index in [0.717, 1.165) is 11.1 Å². The van der Waals surface area contributed by atoms with Crippen LogP contribution in [0.5, 0.6) is 0 Å². The van der Waals surface area contributed by atoms with E-state index in [9.17, 15) is 23.1 Å². The lowest BCUT2D eigenvalue weighted by atomic mass is 9.66. The molecule has 2 aromatic rings. The van der Waals surface area contributed by atoms with Crippen LogP contribution in [-0.2, 0) is 19.6 Å². The van der Waals surface area contributed by atoms with Gasteiger partial charge in [-0.25, -0.2) is 12.7 Å². The Morgan fingerprint density at radius 2 is 1.79 bits per heavy atom. The molecule has 0 radical (unpaired) electrons. The van der Waals surface area contributed by atoms with Gasteiger partial charge in [-0.2, -0.15) is 0 Å². The fourth-order valence-corrected chi connectivity index (χ4v) is 7.77. The highest BCUT2D eigenvalue weighted by molar-refractivity contribution is 7.90. The number of rotatable bonds is 11. The fourth-order valence-electron chi connectivity index (χ4n) is 5.83. The Balaban J connectivity index is 1.85. The largest absolute Gasteiger partial charge is 0.481 e. The maximum Gasteiger partial charge on any atom is 0.303 e. The molecule has 1 saturated carbocycles. The SMILES string of the molecule is CC[C@@H](CN(C)S(=O)(=O)C1CC1)N1C(=O)[C@](C)(CCC(=O)O)CC(c2cccc(Cl)c2)C1c1ccc(Cl)cc1. The first-order valence-electron chi connectivity index (χ1n) is 13.4. The van der Waals surface area contributed by atoms with Crippen molar-refractivity contribution in [3.63, 3.8) is 0 Å². The van der Waals surface area contributed by atoms with Crippen molar-refractivity contribution < 1.29 is 23.1 Å². The van der Waals surface area contributed by atoms with Gasteiger partial charge >= 0.3 is 5.97 Å². The summed E-state index contributed by atoms with van der Waals surface area (Å²) in [4.78, 5) is 27.9. The zero-order chi connectivity index (χ0) is 28.5. The highest BCUT2D eigenvalue weighted by atomic mass is 35.5. The van der Waals surface area contributed by atoms with Gasteiger partial charge in [-0.3, -0.25) is 9.59 Å². The molecule has 0 aromatic heterocycles. The van der Waals surface area contributed by atoms with Crippen LogP contribution < -0.4 is 0 Å². The molecule has 2 aromatic carbocycles. The Labute approximate surface area is 241 Å². The van der Waals surface area contributed by atoms with Gasteiger partial charge in [0.25, 0.3) is 0 Å². The van der Waals surface area contributed by atoms with Crippen LogP contribution >= 0.6 is 23.2 Å². The fraction of sp³-hybridized carbons (Fsp3) is 0.517. The average molecular weight is 596 g/mol. The van der Waals surface area contributed by atoms with Gasteiger partial charge in [0.15, 0.2) is 0 Å². The first-order chi connectivity index (χ1) is 18.4. The molecule has 2 unspecified atom stereocenters. The standard InChI is InChI=1S/C29H36Cl2N2O5S/c1-4-23(18-32(3)39(37,38)24-12-13-24)33-27(19-8-10-21(30)11-9-19)25(20-6-5-7-22(31)16-20)17-29(2,28(33)36)15-14-26(34)35/h5-11,16,23-25,27H,4,12-15,17-18H2,1-3H3,(H,34,35)/t23-,25?,27?,29+/m0/s1. The monoisotopic (exact) mass is 594 g/mol. The minimum absolute atomic E-state index is 0.142. The van der Waals surface area contributed by atoms with Crippen LogP contribution in [0, 0.1) is 5.41 Å². The predicted molar refractivity (Wildman–Crippen MR) is 153 cm³/mol. The number of carboxylic acids is 1. The maximum absolute atomic E-state index is 14.4. The minimum Gasteiger partial charge on any atom is -0.481 e. The summed E-state index contributed by atoms with van der Waals surface area (Å²) in [6.07, 6.45) is 2.30. The molecule has 1 saturated heterocycles. The van der Waals surface area contributed by atoms with Crippen LogP contribution in [0.1, 0.15) is 75.5 Å². The van der Waals surface area contributed by atoms with E-state index in [2.05, 4.69) is 0 Å². The molecule has 0 spiro atoms. The molecule has 1 heterocycles. The third-order valence-corrected chi connectivity index (χ3v) is 11.0. The van der Waals surface area contributed by atoms with Crippen LogP contribution in [0.4, 0.5) is 0 Å². The van der Waals surface area contributed by atoms with Crippen molar-refractivity contribution in [3.8, 4) is 0 Å². The second kappa shape index (κ2) is 11.8. The Hall–Kier alpha value is -2.13. The summed E-state index contributed by atoms with van der Waals surface area (Å²) in [5, 5.41) is 10.3. The van der Waals surface area contributed by atoms with E-state index in [-0.39, 0.29) is 36.5 Å². The molecule has 1 amide bonds. The highest BCUT2D eigenvalue weighted by Crippen LogP contribution is 2.52. The van der Waals surface area contributed by atoms with Crippen molar-refractivity contribution in [2.75, 3.05) is 13.6 Å². The molecule has 1 N–H and O–H groups in total. The van der Waals surface area contributed by atoms with E-state index in [0.29, 0.717) is 35.7 Å². The number of aliphatic carboxylic acids is 1. The van der Waals surface area contributed by atoms with Gasteiger partial charge in [0.1, 0.15) is 0 Å².